The van der Waals surface area contributed by atoms with Crippen molar-refractivity contribution in [1.29, 1.82) is 0 Å². The van der Waals surface area contributed by atoms with E-state index in [-0.39, 0.29) is 29.0 Å². The van der Waals surface area contributed by atoms with Crippen LogP contribution in [0.5, 0.6) is 0 Å². The van der Waals surface area contributed by atoms with Gasteiger partial charge in [-0.05, 0) is 31.0 Å². The number of piperidine rings is 1. The summed E-state index contributed by atoms with van der Waals surface area (Å²) < 4.78 is 13.8. The SMILES string of the molecule is CNC(=O)c1cc([N+](=O)[O-])ccc1N1CCC(Nc2ccccc2F)CC1. The van der Waals surface area contributed by atoms with E-state index in [4.69, 9.17) is 0 Å². The molecular formula is C19H21FN4O3. The van der Waals surface area contributed by atoms with Crippen molar-refractivity contribution in [3.05, 3.63) is 64.0 Å². The molecule has 0 atom stereocenters. The largest absolute Gasteiger partial charge is 0.380 e. The minimum atomic E-state index is -0.513. The Morgan fingerprint density at radius 2 is 1.93 bits per heavy atom. The van der Waals surface area contributed by atoms with E-state index in [9.17, 15) is 19.3 Å². The molecule has 8 heteroatoms. The number of para-hydroxylation sites is 1. The number of non-ortho nitro benzene ring substituents is 1. The maximum absolute atomic E-state index is 13.8. The number of nitrogens with zero attached hydrogens (tertiary/aromatic N) is 2. The molecule has 2 N–H and O–H groups in total. The van der Waals surface area contributed by atoms with Crippen LogP contribution in [0.4, 0.5) is 21.5 Å². The summed E-state index contributed by atoms with van der Waals surface area (Å²) in [6.45, 7) is 1.32. The summed E-state index contributed by atoms with van der Waals surface area (Å²) in [4.78, 5) is 24.7. The summed E-state index contributed by atoms with van der Waals surface area (Å²) in [5.74, 6) is -0.641. The number of benzene rings is 2. The van der Waals surface area contributed by atoms with E-state index in [1.807, 2.05) is 4.90 Å². The van der Waals surface area contributed by atoms with Gasteiger partial charge in [0.15, 0.2) is 0 Å². The molecule has 1 heterocycles. The summed E-state index contributed by atoms with van der Waals surface area (Å²) >= 11 is 0. The van der Waals surface area contributed by atoms with Gasteiger partial charge in [0.05, 0.1) is 21.9 Å². The van der Waals surface area contributed by atoms with Gasteiger partial charge in [-0.15, -0.1) is 0 Å². The van der Waals surface area contributed by atoms with Gasteiger partial charge >= 0.3 is 0 Å². The van der Waals surface area contributed by atoms with Crippen LogP contribution >= 0.6 is 0 Å². The Morgan fingerprint density at radius 1 is 1.22 bits per heavy atom. The smallest absolute Gasteiger partial charge is 0.270 e. The fraction of sp³-hybridized carbons (Fsp3) is 0.316. The van der Waals surface area contributed by atoms with E-state index < -0.39 is 4.92 Å². The van der Waals surface area contributed by atoms with Gasteiger partial charge in [-0.3, -0.25) is 14.9 Å². The van der Waals surface area contributed by atoms with Crippen molar-refractivity contribution in [3.63, 3.8) is 0 Å². The quantitative estimate of drug-likeness (QED) is 0.622. The van der Waals surface area contributed by atoms with Crippen LogP contribution < -0.4 is 15.5 Å². The van der Waals surface area contributed by atoms with Gasteiger partial charge in [0, 0.05) is 38.3 Å². The molecule has 0 bridgehead atoms. The Labute approximate surface area is 156 Å². The lowest BCUT2D eigenvalue weighted by atomic mass is 10.0. The molecule has 2 aromatic carbocycles. The van der Waals surface area contributed by atoms with Crippen molar-refractivity contribution in [3.8, 4) is 0 Å². The second kappa shape index (κ2) is 8.03. The average Bonchev–Trinajstić information content (AvgIpc) is 2.69. The van der Waals surface area contributed by atoms with Gasteiger partial charge < -0.3 is 15.5 Å². The first kappa shape index (κ1) is 18.6. The number of nitro groups is 1. The second-order valence-electron chi connectivity index (χ2n) is 6.42. The number of nitrogens with one attached hydrogen (secondary N) is 2. The lowest BCUT2D eigenvalue weighted by Crippen LogP contribution is -2.40. The summed E-state index contributed by atoms with van der Waals surface area (Å²) in [5, 5.41) is 16.8. The molecule has 7 nitrogen and oxygen atoms in total. The molecule has 1 amide bonds. The van der Waals surface area contributed by atoms with Crippen molar-refractivity contribution >= 4 is 23.0 Å². The summed E-state index contributed by atoms with van der Waals surface area (Å²) in [6.07, 6.45) is 1.52. The van der Waals surface area contributed by atoms with E-state index in [0.29, 0.717) is 24.5 Å². The molecule has 0 radical (unpaired) electrons. The minimum Gasteiger partial charge on any atom is -0.380 e. The Bertz CT molecular complexity index is 851. The molecular weight excluding hydrogens is 351 g/mol. The molecule has 1 saturated heterocycles. The van der Waals surface area contributed by atoms with Crippen molar-refractivity contribution in [2.45, 2.75) is 18.9 Å². The van der Waals surface area contributed by atoms with Crippen molar-refractivity contribution in [1.82, 2.24) is 5.32 Å². The third-order valence-electron chi connectivity index (χ3n) is 4.73. The second-order valence-corrected chi connectivity index (χ2v) is 6.42. The number of carbonyl (C=O) groups is 1. The molecule has 3 rings (SSSR count). The first-order valence-corrected chi connectivity index (χ1v) is 8.76. The maximum Gasteiger partial charge on any atom is 0.270 e. The topological polar surface area (TPSA) is 87.5 Å². The monoisotopic (exact) mass is 372 g/mol. The highest BCUT2D eigenvalue weighted by Gasteiger charge is 2.24. The molecule has 27 heavy (non-hydrogen) atoms. The van der Waals surface area contributed by atoms with E-state index in [0.717, 1.165) is 12.8 Å². The minimum absolute atomic E-state index is 0.117. The number of carbonyl (C=O) groups excluding carboxylic acids is 1. The van der Waals surface area contributed by atoms with Crippen molar-refractivity contribution in [2.75, 3.05) is 30.4 Å². The van der Waals surface area contributed by atoms with Crippen LogP contribution in [0.15, 0.2) is 42.5 Å². The van der Waals surface area contributed by atoms with Crippen LogP contribution in [0.3, 0.4) is 0 Å². The lowest BCUT2D eigenvalue weighted by molar-refractivity contribution is -0.384. The van der Waals surface area contributed by atoms with E-state index >= 15 is 0 Å². The first-order valence-electron chi connectivity index (χ1n) is 8.76. The molecule has 0 saturated carbocycles. The Morgan fingerprint density at radius 3 is 2.56 bits per heavy atom. The van der Waals surface area contributed by atoms with Crippen LogP contribution in [-0.4, -0.2) is 37.0 Å². The highest BCUT2D eigenvalue weighted by Crippen LogP contribution is 2.29. The Balaban J connectivity index is 1.73. The van der Waals surface area contributed by atoms with Gasteiger partial charge in [0.2, 0.25) is 0 Å². The summed E-state index contributed by atoms with van der Waals surface area (Å²) in [7, 11) is 1.50. The molecule has 0 aromatic heterocycles. The summed E-state index contributed by atoms with van der Waals surface area (Å²) in [6, 6.07) is 11.0. The molecule has 0 unspecified atom stereocenters. The van der Waals surface area contributed by atoms with Crippen molar-refractivity contribution in [2.24, 2.45) is 0 Å². The zero-order chi connectivity index (χ0) is 19.4. The fourth-order valence-electron chi connectivity index (χ4n) is 3.29. The average molecular weight is 372 g/mol. The normalized spacial score (nSPS) is 14.7. The van der Waals surface area contributed by atoms with Gasteiger partial charge in [-0.1, -0.05) is 12.1 Å². The number of anilines is 2. The number of rotatable bonds is 5. The molecule has 1 fully saturated rings. The summed E-state index contributed by atoms with van der Waals surface area (Å²) in [5.41, 5.74) is 1.32. The Hall–Kier alpha value is -3.16. The van der Waals surface area contributed by atoms with Gasteiger partial charge in [0.25, 0.3) is 11.6 Å². The predicted molar refractivity (Wildman–Crippen MR) is 102 cm³/mol. The predicted octanol–water partition coefficient (Wildman–Crippen LogP) is 3.17. The van der Waals surface area contributed by atoms with Gasteiger partial charge in [0.1, 0.15) is 5.82 Å². The molecule has 0 spiro atoms. The van der Waals surface area contributed by atoms with E-state index in [1.54, 1.807) is 24.3 Å². The molecule has 0 aliphatic carbocycles. The zero-order valence-electron chi connectivity index (χ0n) is 14.9. The molecule has 1 aliphatic heterocycles. The number of halogens is 1. The van der Waals surface area contributed by atoms with E-state index in [2.05, 4.69) is 10.6 Å². The first-order chi connectivity index (χ1) is 13.0. The zero-order valence-corrected chi connectivity index (χ0v) is 14.9. The van der Waals surface area contributed by atoms with Crippen LogP contribution in [0.2, 0.25) is 0 Å². The van der Waals surface area contributed by atoms with Crippen LogP contribution in [0.1, 0.15) is 23.2 Å². The van der Waals surface area contributed by atoms with Crippen LogP contribution in [0.25, 0.3) is 0 Å². The standard InChI is InChI=1S/C19H21FN4O3/c1-21-19(25)15-12-14(24(26)27)6-7-18(15)23-10-8-13(9-11-23)22-17-5-3-2-4-16(17)20/h2-7,12-13,22H,8-11H2,1H3,(H,21,25). The van der Waals surface area contributed by atoms with Crippen LogP contribution in [-0.2, 0) is 0 Å². The number of amides is 1. The highest BCUT2D eigenvalue weighted by molar-refractivity contribution is 6.00. The lowest BCUT2D eigenvalue weighted by Gasteiger charge is -2.35. The maximum atomic E-state index is 13.8. The van der Waals surface area contributed by atoms with Gasteiger partial charge in [-0.2, -0.15) is 0 Å². The number of hydrogen-bond acceptors (Lipinski definition) is 5. The third kappa shape index (κ3) is 4.16. The fourth-order valence-corrected chi connectivity index (χ4v) is 3.29. The van der Waals surface area contributed by atoms with Gasteiger partial charge in [-0.25, -0.2) is 4.39 Å². The van der Waals surface area contributed by atoms with Crippen molar-refractivity contribution < 1.29 is 14.1 Å². The van der Waals surface area contributed by atoms with Crippen LogP contribution in [0, 0.1) is 15.9 Å². The highest BCUT2D eigenvalue weighted by atomic mass is 19.1. The molecule has 1 aliphatic rings. The third-order valence-corrected chi connectivity index (χ3v) is 4.73. The molecule has 142 valence electrons. The number of nitro benzene ring substituents is 1. The number of hydrogen-bond donors (Lipinski definition) is 2. The molecule has 2 aromatic rings. The van der Waals surface area contributed by atoms with E-state index in [1.165, 1.54) is 25.2 Å². The Kier molecular flexibility index (Phi) is 5.54.